The first-order valence-electron chi connectivity index (χ1n) is 7.97. The van der Waals surface area contributed by atoms with Crippen LogP contribution in [0.4, 0.5) is 4.79 Å². The van der Waals surface area contributed by atoms with Gasteiger partial charge in [0.15, 0.2) is 0 Å². The zero-order valence-electron chi connectivity index (χ0n) is 12.7. The van der Waals surface area contributed by atoms with Crippen molar-refractivity contribution in [3.63, 3.8) is 0 Å². The van der Waals surface area contributed by atoms with Crippen LogP contribution in [0.2, 0.25) is 0 Å². The molecular weight excluding hydrogens is 256 g/mol. The van der Waals surface area contributed by atoms with Crippen LogP contribution in [0.5, 0.6) is 0 Å². The summed E-state index contributed by atoms with van der Waals surface area (Å²) in [5, 5.41) is 18.3. The van der Waals surface area contributed by atoms with Gasteiger partial charge in [-0.25, -0.2) is 4.79 Å². The van der Waals surface area contributed by atoms with Crippen LogP contribution in [0.1, 0.15) is 65.2 Å². The van der Waals surface area contributed by atoms with E-state index in [2.05, 4.69) is 13.8 Å². The largest absolute Gasteiger partial charge is 0.506 e. The molecule has 0 bridgehead atoms. The zero-order valence-corrected chi connectivity index (χ0v) is 12.7. The molecule has 2 fully saturated rings. The fourth-order valence-corrected chi connectivity index (χ4v) is 4.22. The van der Waals surface area contributed by atoms with Crippen LogP contribution in [0.15, 0.2) is 0 Å². The first-order chi connectivity index (χ1) is 9.39. The van der Waals surface area contributed by atoms with Crippen LogP contribution < -0.4 is 0 Å². The third-order valence-corrected chi connectivity index (χ3v) is 5.74. The molecule has 0 atom stereocenters. The van der Waals surface area contributed by atoms with Crippen molar-refractivity contribution in [3.8, 4) is 0 Å². The van der Waals surface area contributed by atoms with Gasteiger partial charge in [-0.05, 0) is 68.6 Å². The van der Waals surface area contributed by atoms with Gasteiger partial charge in [-0.2, -0.15) is 0 Å². The van der Waals surface area contributed by atoms with Crippen molar-refractivity contribution in [3.05, 3.63) is 0 Å². The van der Waals surface area contributed by atoms with Crippen molar-refractivity contribution in [2.24, 2.45) is 17.3 Å². The van der Waals surface area contributed by atoms with Gasteiger partial charge in [-0.1, -0.05) is 13.8 Å². The minimum atomic E-state index is -1.14. The first kappa shape index (κ1) is 15.6. The Balaban J connectivity index is 1.86. The maximum atomic E-state index is 10.6. The standard InChI is InChI=1S/C16H28O4/c1-16(2,11-3-7-13(17)8-4-11)12-5-9-14(10-6-12)20-15(18)19/h11-14,17H,3-10H2,1-2H3,(H,18,19). The quantitative estimate of drug-likeness (QED) is 0.773. The molecule has 0 heterocycles. The molecule has 0 amide bonds. The summed E-state index contributed by atoms with van der Waals surface area (Å²) in [5.74, 6) is 1.34. The number of carboxylic acid groups (broad SMARTS) is 1. The highest BCUT2D eigenvalue weighted by molar-refractivity contribution is 5.57. The molecule has 2 rings (SSSR count). The topological polar surface area (TPSA) is 66.8 Å². The molecule has 0 unspecified atom stereocenters. The highest BCUT2D eigenvalue weighted by Gasteiger charge is 2.40. The molecule has 4 heteroatoms. The zero-order chi connectivity index (χ0) is 14.8. The molecule has 0 aromatic rings. The summed E-state index contributed by atoms with van der Waals surface area (Å²) < 4.78 is 4.90. The average molecular weight is 284 g/mol. The lowest BCUT2D eigenvalue weighted by Crippen LogP contribution is -2.39. The summed E-state index contributed by atoms with van der Waals surface area (Å²) in [5.41, 5.74) is 0.286. The Bertz CT molecular complexity index is 323. The molecule has 2 aliphatic rings. The van der Waals surface area contributed by atoms with Gasteiger partial charge >= 0.3 is 6.16 Å². The normalized spacial score (nSPS) is 35.5. The maximum absolute atomic E-state index is 10.6. The van der Waals surface area contributed by atoms with E-state index in [1.165, 1.54) is 0 Å². The lowest BCUT2D eigenvalue weighted by molar-refractivity contribution is -0.0125. The third kappa shape index (κ3) is 3.66. The molecule has 0 spiro atoms. The van der Waals surface area contributed by atoms with Gasteiger partial charge in [-0.3, -0.25) is 0 Å². The summed E-state index contributed by atoms with van der Waals surface area (Å²) in [6.07, 6.45) is 6.61. The monoisotopic (exact) mass is 284 g/mol. The lowest BCUT2D eigenvalue weighted by atomic mass is 9.60. The molecule has 20 heavy (non-hydrogen) atoms. The van der Waals surface area contributed by atoms with Gasteiger partial charge in [0.2, 0.25) is 0 Å². The molecular formula is C16H28O4. The van der Waals surface area contributed by atoms with Gasteiger partial charge in [0, 0.05) is 0 Å². The molecule has 0 aromatic heterocycles. The predicted octanol–water partition coefficient (Wildman–Crippen LogP) is 3.82. The van der Waals surface area contributed by atoms with Crippen molar-refractivity contribution in [2.75, 3.05) is 0 Å². The van der Waals surface area contributed by atoms with Crippen LogP contribution in [0, 0.1) is 17.3 Å². The second kappa shape index (κ2) is 6.33. The van der Waals surface area contributed by atoms with Crippen molar-refractivity contribution < 1.29 is 19.7 Å². The Morgan fingerprint density at radius 3 is 1.85 bits per heavy atom. The smallest absolute Gasteiger partial charge is 0.450 e. The highest BCUT2D eigenvalue weighted by Crippen LogP contribution is 2.48. The first-order valence-corrected chi connectivity index (χ1v) is 7.97. The Morgan fingerprint density at radius 1 is 0.950 bits per heavy atom. The highest BCUT2D eigenvalue weighted by atomic mass is 16.7. The summed E-state index contributed by atoms with van der Waals surface area (Å²) in [7, 11) is 0. The van der Waals surface area contributed by atoms with E-state index in [4.69, 9.17) is 9.84 Å². The second-order valence-corrected chi connectivity index (χ2v) is 7.18. The molecule has 4 nitrogen and oxygen atoms in total. The Kier molecular flexibility index (Phi) is 4.95. The minimum Gasteiger partial charge on any atom is -0.450 e. The van der Waals surface area contributed by atoms with Crippen LogP contribution in [-0.4, -0.2) is 28.6 Å². The summed E-state index contributed by atoms with van der Waals surface area (Å²) in [4.78, 5) is 10.6. The van der Waals surface area contributed by atoms with Crippen molar-refractivity contribution in [1.29, 1.82) is 0 Å². The van der Waals surface area contributed by atoms with E-state index in [1.807, 2.05) is 0 Å². The lowest BCUT2D eigenvalue weighted by Gasteiger charge is -2.46. The van der Waals surface area contributed by atoms with E-state index >= 15 is 0 Å². The number of aliphatic hydroxyl groups excluding tert-OH is 1. The number of hydrogen-bond acceptors (Lipinski definition) is 3. The Labute approximate surface area is 121 Å². The van der Waals surface area contributed by atoms with E-state index in [0.717, 1.165) is 51.4 Å². The molecule has 116 valence electrons. The number of ether oxygens (including phenoxy) is 1. The molecule has 2 saturated carbocycles. The molecule has 2 N–H and O–H groups in total. The SMILES string of the molecule is CC(C)(C1CCC(O)CC1)C1CCC(OC(=O)O)CC1. The minimum absolute atomic E-state index is 0.0956. The second-order valence-electron chi connectivity index (χ2n) is 7.18. The summed E-state index contributed by atoms with van der Waals surface area (Å²) in [6.45, 7) is 4.72. The number of aliphatic hydroxyl groups is 1. The molecule has 0 radical (unpaired) electrons. The van der Waals surface area contributed by atoms with E-state index < -0.39 is 6.16 Å². The van der Waals surface area contributed by atoms with Crippen molar-refractivity contribution in [1.82, 2.24) is 0 Å². The van der Waals surface area contributed by atoms with E-state index in [-0.39, 0.29) is 17.6 Å². The molecule has 0 aromatic carbocycles. The molecule has 0 aliphatic heterocycles. The van der Waals surface area contributed by atoms with Gasteiger partial charge in [0.05, 0.1) is 6.10 Å². The average Bonchev–Trinajstić information content (AvgIpc) is 2.39. The van der Waals surface area contributed by atoms with Crippen molar-refractivity contribution >= 4 is 6.16 Å². The van der Waals surface area contributed by atoms with E-state index in [9.17, 15) is 9.90 Å². The fourth-order valence-electron chi connectivity index (χ4n) is 4.22. The summed E-state index contributed by atoms with van der Waals surface area (Å²) in [6, 6.07) is 0. The van der Waals surface area contributed by atoms with Gasteiger partial charge in [0.1, 0.15) is 6.10 Å². The van der Waals surface area contributed by atoms with Crippen LogP contribution >= 0.6 is 0 Å². The van der Waals surface area contributed by atoms with Crippen LogP contribution in [0.25, 0.3) is 0 Å². The number of hydrogen-bond donors (Lipinski definition) is 2. The van der Waals surface area contributed by atoms with Gasteiger partial charge in [-0.15, -0.1) is 0 Å². The number of rotatable bonds is 3. The van der Waals surface area contributed by atoms with Gasteiger partial charge in [0.25, 0.3) is 0 Å². The van der Waals surface area contributed by atoms with Gasteiger partial charge < -0.3 is 14.9 Å². The van der Waals surface area contributed by atoms with E-state index in [1.54, 1.807) is 0 Å². The van der Waals surface area contributed by atoms with Crippen LogP contribution in [-0.2, 0) is 4.74 Å². The Hall–Kier alpha value is -0.770. The van der Waals surface area contributed by atoms with E-state index in [0.29, 0.717) is 11.8 Å². The third-order valence-electron chi connectivity index (χ3n) is 5.74. The summed E-state index contributed by atoms with van der Waals surface area (Å²) >= 11 is 0. The van der Waals surface area contributed by atoms with Crippen molar-refractivity contribution in [2.45, 2.75) is 77.4 Å². The van der Waals surface area contributed by atoms with Crippen LogP contribution in [0.3, 0.4) is 0 Å². The molecule has 0 saturated heterocycles. The number of carbonyl (C=O) groups is 1. The predicted molar refractivity (Wildman–Crippen MR) is 76.6 cm³/mol. The maximum Gasteiger partial charge on any atom is 0.506 e. The fraction of sp³-hybridized carbons (Fsp3) is 0.938. The Morgan fingerprint density at radius 2 is 1.40 bits per heavy atom. The molecule has 2 aliphatic carbocycles.